The zero-order valence-corrected chi connectivity index (χ0v) is 11.1. The van der Waals surface area contributed by atoms with Crippen LogP contribution in [0.2, 0.25) is 0 Å². The first-order chi connectivity index (χ1) is 8.58. The monoisotopic (exact) mass is 249 g/mol. The lowest BCUT2D eigenvalue weighted by Gasteiger charge is -2.16. The van der Waals surface area contributed by atoms with Crippen molar-refractivity contribution in [1.29, 1.82) is 0 Å². The zero-order chi connectivity index (χ0) is 13.1. The fourth-order valence-electron chi connectivity index (χ4n) is 2.11. The predicted molar refractivity (Wildman–Crippen MR) is 73.2 cm³/mol. The lowest BCUT2D eigenvalue weighted by Crippen LogP contribution is -2.18. The first kappa shape index (κ1) is 12.9. The van der Waals surface area contributed by atoms with Gasteiger partial charge < -0.3 is 10.3 Å². The Hall–Kier alpha value is -1.58. The molecule has 0 saturated carbocycles. The van der Waals surface area contributed by atoms with Crippen molar-refractivity contribution in [3.05, 3.63) is 24.0 Å². The lowest BCUT2D eigenvalue weighted by molar-refractivity contribution is 0.483. The Kier molecular flexibility index (Phi) is 3.84. The van der Waals surface area contributed by atoms with Gasteiger partial charge in [-0.1, -0.05) is 20.3 Å². The van der Waals surface area contributed by atoms with E-state index in [-0.39, 0.29) is 5.82 Å². The van der Waals surface area contributed by atoms with Crippen LogP contribution in [0.3, 0.4) is 0 Å². The van der Waals surface area contributed by atoms with E-state index < -0.39 is 0 Å². The standard InChI is InChI=1S/C14H20FN3/c1-4-9(2)7-10(3)16-14-17-12-6-5-11(15)8-13(12)18-14/h5-6,8-10H,4,7H2,1-3H3,(H2,16,17,18). The average molecular weight is 249 g/mol. The van der Waals surface area contributed by atoms with Crippen LogP contribution >= 0.6 is 0 Å². The summed E-state index contributed by atoms with van der Waals surface area (Å²) in [5.74, 6) is 1.16. The summed E-state index contributed by atoms with van der Waals surface area (Å²) in [6, 6.07) is 4.93. The molecule has 0 spiro atoms. The number of hydrogen-bond acceptors (Lipinski definition) is 2. The number of imidazole rings is 1. The van der Waals surface area contributed by atoms with Gasteiger partial charge in [0.15, 0.2) is 0 Å². The van der Waals surface area contributed by atoms with Crippen molar-refractivity contribution >= 4 is 17.0 Å². The van der Waals surface area contributed by atoms with Gasteiger partial charge in [0.2, 0.25) is 5.95 Å². The number of nitrogens with one attached hydrogen (secondary N) is 2. The normalized spacial score (nSPS) is 14.7. The van der Waals surface area contributed by atoms with Crippen molar-refractivity contribution in [1.82, 2.24) is 9.97 Å². The lowest BCUT2D eigenvalue weighted by atomic mass is 10.0. The van der Waals surface area contributed by atoms with E-state index >= 15 is 0 Å². The van der Waals surface area contributed by atoms with E-state index in [1.165, 1.54) is 18.6 Å². The third kappa shape index (κ3) is 3.00. The maximum Gasteiger partial charge on any atom is 0.201 e. The zero-order valence-electron chi connectivity index (χ0n) is 11.1. The van der Waals surface area contributed by atoms with Crippen LogP contribution in [0.5, 0.6) is 0 Å². The first-order valence-electron chi connectivity index (χ1n) is 6.50. The number of hydrogen-bond donors (Lipinski definition) is 2. The second-order valence-corrected chi connectivity index (χ2v) is 5.04. The molecule has 4 heteroatoms. The molecule has 0 saturated heterocycles. The Balaban J connectivity index is 2.07. The Morgan fingerprint density at radius 2 is 2.17 bits per heavy atom. The third-order valence-electron chi connectivity index (χ3n) is 3.28. The van der Waals surface area contributed by atoms with Crippen molar-refractivity contribution in [3.8, 4) is 0 Å². The number of anilines is 1. The van der Waals surface area contributed by atoms with Gasteiger partial charge in [0.1, 0.15) is 5.82 Å². The molecule has 0 radical (unpaired) electrons. The van der Waals surface area contributed by atoms with Crippen LogP contribution in [0.25, 0.3) is 11.0 Å². The first-order valence-corrected chi connectivity index (χ1v) is 6.50. The summed E-state index contributed by atoms with van der Waals surface area (Å²) in [7, 11) is 0. The van der Waals surface area contributed by atoms with Crippen molar-refractivity contribution < 1.29 is 4.39 Å². The van der Waals surface area contributed by atoms with Gasteiger partial charge in [-0.3, -0.25) is 0 Å². The number of rotatable bonds is 5. The van der Waals surface area contributed by atoms with Crippen LogP contribution in [0.4, 0.5) is 10.3 Å². The molecular weight excluding hydrogens is 229 g/mol. The molecule has 2 aromatic rings. The Morgan fingerprint density at radius 1 is 1.39 bits per heavy atom. The van der Waals surface area contributed by atoms with Crippen molar-refractivity contribution in [2.75, 3.05) is 5.32 Å². The fourth-order valence-corrected chi connectivity index (χ4v) is 2.11. The van der Waals surface area contributed by atoms with Crippen LogP contribution in [0.1, 0.15) is 33.6 Å². The highest BCUT2D eigenvalue weighted by molar-refractivity contribution is 5.77. The molecule has 1 aromatic carbocycles. The Morgan fingerprint density at radius 3 is 2.89 bits per heavy atom. The van der Waals surface area contributed by atoms with Gasteiger partial charge in [0, 0.05) is 6.04 Å². The van der Waals surface area contributed by atoms with Gasteiger partial charge in [-0.15, -0.1) is 0 Å². The average Bonchev–Trinajstić information content (AvgIpc) is 2.69. The van der Waals surface area contributed by atoms with Gasteiger partial charge in [0.05, 0.1) is 11.0 Å². The minimum Gasteiger partial charge on any atom is -0.353 e. The number of benzene rings is 1. The highest BCUT2D eigenvalue weighted by atomic mass is 19.1. The predicted octanol–water partition coefficient (Wildman–Crippen LogP) is 3.94. The molecule has 0 bridgehead atoms. The molecule has 0 aliphatic carbocycles. The maximum atomic E-state index is 13.1. The fraction of sp³-hybridized carbons (Fsp3) is 0.500. The number of halogens is 1. The van der Waals surface area contributed by atoms with Crippen LogP contribution in [-0.2, 0) is 0 Å². The Bertz CT molecular complexity index is 521. The van der Waals surface area contributed by atoms with E-state index in [4.69, 9.17) is 0 Å². The van der Waals surface area contributed by atoms with E-state index in [9.17, 15) is 4.39 Å². The molecule has 0 aliphatic rings. The molecule has 0 aliphatic heterocycles. The van der Waals surface area contributed by atoms with Crippen molar-refractivity contribution in [2.45, 2.75) is 39.7 Å². The van der Waals surface area contributed by atoms with E-state index in [1.807, 2.05) is 0 Å². The molecule has 1 heterocycles. The second-order valence-electron chi connectivity index (χ2n) is 5.04. The van der Waals surface area contributed by atoms with Gasteiger partial charge in [-0.25, -0.2) is 9.37 Å². The molecule has 0 amide bonds. The van der Waals surface area contributed by atoms with Crippen LogP contribution in [0, 0.1) is 11.7 Å². The summed E-state index contributed by atoms with van der Waals surface area (Å²) in [4.78, 5) is 7.49. The number of nitrogens with zero attached hydrogens (tertiary/aromatic N) is 1. The van der Waals surface area contributed by atoms with Gasteiger partial charge in [-0.2, -0.15) is 0 Å². The quantitative estimate of drug-likeness (QED) is 0.842. The SMILES string of the molecule is CCC(C)CC(C)Nc1nc2ccc(F)cc2[nH]1. The van der Waals surface area contributed by atoms with Crippen LogP contribution < -0.4 is 5.32 Å². The molecule has 2 N–H and O–H groups in total. The summed E-state index contributed by atoms with van der Waals surface area (Å²) in [5.41, 5.74) is 1.52. The maximum absolute atomic E-state index is 13.1. The molecule has 0 fully saturated rings. The number of aromatic nitrogens is 2. The van der Waals surface area contributed by atoms with E-state index in [2.05, 4.69) is 36.1 Å². The molecular formula is C14H20FN3. The van der Waals surface area contributed by atoms with E-state index in [1.54, 1.807) is 6.07 Å². The topological polar surface area (TPSA) is 40.7 Å². The van der Waals surface area contributed by atoms with Crippen molar-refractivity contribution in [2.24, 2.45) is 5.92 Å². The molecule has 2 atom stereocenters. The number of H-pyrrole nitrogens is 1. The summed E-state index contributed by atoms with van der Waals surface area (Å²) in [5, 5.41) is 3.33. The minimum atomic E-state index is -0.245. The number of aromatic amines is 1. The molecule has 98 valence electrons. The third-order valence-corrected chi connectivity index (χ3v) is 3.28. The van der Waals surface area contributed by atoms with Crippen LogP contribution in [0.15, 0.2) is 18.2 Å². The molecule has 3 nitrogen and oxygen atoms in total. The largest absolute Gasteiger partial charge is 0.353 e. The highest BCUT2D eigenvalue weighted by Gasteiger charge is 2.09. The van der Waals surface area contributed by atoms with Crippen molar-refractivity contribution in [3.63, 3.8) is 0 Å². The van der Waals surface area contributed by atoms with Gasteiger partial charge in [-0.05, 0) is 37.5 Å². The van der Waals surface area contributed by atoms with Crippen LogP contribution in [-0.4, -0.2) is 16.0 Å². The summed E-state index contributed by atoms with van der Waals surface area (Å²) < 4.78 is 13.1. The molecule has 1 aromatic heterocycles. The summed E-state index contributed by atoms with van der Waals surface area (Å²) in [6.07, 6.45) is 2.28. The van der Waals surface area contributed by atoms with E-state index in [0.29, 0.717) is 17.9 Å². The van der Waals surface area contributed by atoms with E-state index in [0.717, 1.165) is 17.5 Å². The molecule has 18 heavy (non-hydrogen) atoms. The molecule has 2 unspecified atom stereocenters. The smallest absolute Gasteiger partial charge is 0.201 e. The summed E-state index contributed by atoms with van der Waals surface area (Å²) >= 11 is 0. The van der Waals surface area contributed by atoms with Gasteiger partial charge >= 0.3 is 0 Å². The summed E-state index contributed by atoms with van der Waals surface area (Å²) in [6.45, 7) is 6.58. The Labute approximate surface area is 107 Å². The minimum absolute atomic E-state index is 0.245. The second kappa shape index (κ2) is 5.38. The number of fused-ring (bicyclic) bond motifs is 1. The van der Waals surface area contributed by atoms with Gasteiger partial charge in [0.25, 0.3) is 0 Å². The highest BCUT2D eigenvalue weighted by Crippen LogP contribution is 2.17. The molecule has 2 rings (SSSR count).